The Balaban J connectivity index is 1.31. The average molecular weight is 468 g/mol. The molecule has 5 rings (SSSR count). The van der Waals surface area contributed by atoms with Gasteiger partial charge in [-0.1, -0.05) is 12.8 Å². The standard InChI is InChI=1S/C25H37N7O2/c1-29-14-10-19(11-15-29)30(2)17-23(33)31-13-5-8-21(31)22-9-12-26-24-20(16-27-32(22)24)25(34)28-18-6-3-4-7-18/h9,12,16,18-19,21H,3-8,10-11,13-15,17H2,1-2H3,(H,28,34). The Bertz CT molecular complexity index is 1020. The molecule has 1 unspecified atom stereocenters. The fourth-order valence-corrected chi connectivity index (χ4v) is 5.90. The molecule has 184 valence electrons. The highest BCUT2D eigenvalue weighted by molar-refractivity contribution is 5.99. The lowest BCUT2D eigenvalue weighted by atomic mass is 10.0. The molecule has 9 nitrogen and oxygen atoms in total. The molecule has 2 saturated heterocycles. The lowest BCUT2D eigenvalue weighted by Gasteiger charge is -2.36. The largest absolute Gasteiger partial charge is 0.349 e. The molecule has 2 amide bonds. The number of hydrogen-bond donors (Lipinski definition) is 1. The first kappa shape index (κ1) is 23.2. The molecular weight excluding hydrogens is 430 g/mol. The van der Waals surface area contributed by atoms with Crippen molar-refractivity contribution in [2.24, 2.45) is 0 Å². The number of rotatable bonds is 6. The van der Waals surface area contributed by atoms with Gasteiger partial charge in [-0.3, -0.25) is 14.5 Å². The van der Waals surface area contributed by atoms with E-state index in [4.69, 9.17) is 0 Å². The molecule has 34 heavy (non-hydrogen) atoms. The van der Waals surface area contributed by atoms with E-state index < -0.39 is 0 Å². The Morgan fingerprint density at radius 3 is 2.62 bits per heavy atom. The zero-order chi connectivity index (χ0) is 23.7. The van der Waals surface area contributed by atoms with Crippen LogP contribution in [0.3, 0.4) is 0 Å². The molecule has 4 heterocycles. The number of piperidine rings is 1. The van der Waals surface area contributed by atoms with Gasteiger partial charge in [-0.15, -0.1) is 0 Å². The van der Waals surface area contributed by atoms with Crippen molar-refractivity contribution in [3.05, 3.63) is 29.7 Å². The molecule has 3 fully saturated rings. The average Bonchev–Trinajstić information content (AvgIpc) is 3.59. The van der Waals surface area contributed by atoms with Crippen LogP contribution < -0.4 is 5.32 Å². The molecule has 1 atom stereocenters. The van der Waals surface area contributed by atoms with Crippen molar-refractivity contribution < 1.29 is 9.59 Å². The van der Waals surface area contributed by atoms with Crippen LogP contribution in [0.25, 0.3) is 5.65 Å². The quantitative estimate of drug-likeness (QED) is 0.700. The van der Waals surface area contributed by atoms with Crippen molar-refractivity contribution in [1.29, 1.82) is 0 Å². The molecule has 0 aromatic carbocycles. The summed E-state index contributed by atoms with van der Waals surface area (Å²) in [6.07, 6.45) is 11.8. The van der Waals surface area contributed by atoms with Crippen molar-refractivity contribution in [2.75, 3.05) is 40.3 Å². The molecule has 1 saturated carbocycles. The molecule has 0 spiro atoms. The number of hydrogen-bond acceptors (Lipinski definition) is 6. The maximum absolute atomic E-state index is 13.4. The molecule has 9 heteroatoms. The fourth-order valence-electron chi connectivity index (χ4n) is 5.90. The van der Waals surface area contributed by atoms with Gasteiger partial charge in [0.2, 0.25) is 5.91 Å². The van der Waals surface area contributed by atoms with Gasteiger partial charge < -0.3 is 15.1 Å². The Labute approximate surface area is 201 Å². The lowest BCUT2D eigenvalue weighted by Crippen LogP contribution is -2.46. The van der Waals surface area contributed by atoms with E-state index in [9.17, 15) is 9.59 Å². The van der Waals surface area contributed by atoms with Crippen LogP contribution in [0.4, 0.5) is 0 Å². The van der Waals surface area contributed by atoms with Gasteiger partial charge in [-0.05, 0) is 71.8 Å². The first-order chi connectivity index (χ1) is 16.5. The smallest absolute Gasteiger partial charge is 0.256 e. The Morgan fingerprint density at radius 1 is 1.09 bits per heavy atom. The van der Waals surface area contributed by atoms with E-state index >= 15 is 0 Å². The SMILES string of the molecule is CN1CCC(N(C)CC(=O)N2CCCC2c2ccnc3c(C(=O)NC4CCCC4)cnn23)CC1. The number of amides is 2. The highest BCUT2D eigenvalue weighted by Gasteiger charge is 2.34. The van der Waals surface area contributed by atoms with Crippen LogP contribution in [0.1, 0.15) is 73.5 Å². The summed E-state index contributed by atoms with van der Waals surface area (Å²) < 4.78 is 1.76. The van der Waals surface area contributed by atoms with Gasteiger partial charge in [0.15, 0.2) is 5.65 Å². The minimum atomic E-state index is -0.106. The molecule has 3 aliphatic rings. The summed E-state index contributed by atoms with van der Waals surface area (Å²) in [6.45, 7) is 3.36. The summed E-state index contributed by atoms with van der Waals surface area (Å²) in [4.78, 5) is 37.3. The highest BCUT2D eigenvalue weighted by Crippen LogP contribution is 2.32. The van der Waals surface area contributed by atoms with E-state index in [1.54, 1.807) is 16.9 Å². The molecular formula is C25H37N7O2. The van der Waals surface area contributed by atoms with Crippen LogP contribution >= 0.6 is 0 Å². The number of carbonyl (C=O) groups excluding carboxylic acids is 2. The third kappa shape index (κ3) is 4.68. The molecule has 2 aromatic rings. The van der Waals surface area contributed by atoms with Crippen LogP contribution in [0, 0.1) is 0 Å². The molecule has 1 aliphatic carbocycles. The lowest BCUT2D eigenvalue weighted by molar-refractivity contribution is -0.133. The first-order valence-corrected chi connectivity index (χ1v) is 12.8. The zero-order valence-corrected chi connectivity index (χ0v) is 20.4. The van der Waals surface area contributed by atoms with Crippen LogP contribution in [-0.2, 0) is 4.79 Å². The number of nitrogens with one attached hydrogen (secondary N) is 1. The van der Waals surface area contributed by atoms with Crippen LogP contribution in [0.15, 0.2) is 18.5 Å². The van der Waals surface area contributed by atoms with Crippen molar-refractivity contribution in [1.82, 2.24) is 34.6 Å². The van der Waals surface area contributed by atoms with Gasteiger partial charge in [0.05, 0.1) is 24.5 Å². The van der Waals surface area contributed by atoms with Gasteiger partial charge in [0, 0.05) is 24.8 Å². The number of aromatic nitrogens is 3. The van der Waals surface area contributed by atoms with Crippen molar-refractivity contribution in [3.63, 3.8) is 0 Å². The molecule has 0 bridgehead atoms. The number of nitrogens with zero attached hydrogens (tertiary/aromatic N) is 6. The van der Waals surface area contributed by atoms with Crippen molar-refractivity contribution in [2.45, 2.75) is 69.5 Å². The monoisotopic (exact) mass is 467 g/mol. The predicted molar refractivity (Wildman–Crippen MR) is 130 cm³/mol. The predicted octanol–water partition coefficient (Wildman–Crippen LogP) is 2.09. The molecule has 2 aromatic heterocycles. The second-order valence-corrected chi connectivity index (χ2v) is 10.3. The van der Waals surface area contributed by atoms with Crippen LogP contribution in [0.2, 0.25) is 0 Å². The summed E-state index contributed by atoms with van der Waals surface area (Å²) >= 11 is 0. The number of likely N-dealkylation sites (tertiary alicyclic amines) is 2. The Hall–Kier alpha value is -2.52. The number of carbonyl (C=O) groups is 2. The van der Waals surface area contributed by atoms with E-state index in [1.807, 2.05) is 11.0 Å². The molecule has 2 aliphatic heterocycles. The fraction of sp³-hybridized carbons (Fsp3) is 0.680. The molecule has 0 radical (unpaired) electrons. The van der Waals surface area contributed by atoms with Gasteiger partial charge in [-0.25, -0.2) is 9.50 Å². The second-order valence-electron chi connectivity index (χ2n) is 10.3. The Kier molecular flexibility index (Phi) is 6.83. The maximum atomic E-state index is 13.4. The van der Waals surface area contributed by atoms with Crippen molar-refractivity contribution in [3.8, 4) is 0 Å². The van der Waals surface area contributed by atoms with Crippen LogP contribution in [-0.4, -0.2) is 93.5 Å². The van der Waals surface area contributed by atoms with E-state index in [-0.39, 0.29) is 23.9 Å². The topological polar surface area (TPSA) is 86.1 Å². The number of likely N-dealkylation sites (N-methyl/N-ethyl adjacent to an activating group) is 1. The highest BCUT2D eigenvalue weighted by atomic mass is 16.2. The summed E-state index contributed by atoms with van der Waals surface area (Å²) in [5.74, 6) is 0.0610. The van der Waals surface area contributed by atoms with Crippen molar-refractivity contribution >= 4 is 17.5 Å². The van der Waals surface area contributed by atoms with Crippen LogP contribution in [0.5, 0.6) is 0 Å². The van der Waals surface area contributed by atoms with E-state index in [0.29, 0.717) is 23.8 Å². The minimum absolute atomic E-state index is 0.0467. The molecule has 1 N–H and O–H groups in total. The second kappa shape index (κ2) is 10.00. The number of fused-ring (bicyclic) bond motifs is 1. The minimum Gasteiger partial charge on any atom is -0.349 e. The summed E-state index contributed by atoms with van der Waals surface area (Å²) in [7, 11) is 4.23. The third-order valence-electron chi connectivity index (χ3n) is 7.98. The van der Waals surface area contributed by atoms with Gasteiger partial charge in [-0.2, -0.15) is 5.10 Å². The third-order valence-corrected chi connectivity index (χ3v) is 7.98. The van der Waals surface area contributed by atoms with E-state index in [0.717, 1.165) is 63.9 Å². The first-order valence-electron chi connectivity index (χ1n) is 12.8. The summed E-state index contributed by atoms with van der Waals surface area (Å²) in [5, 5.41) is 7.67. The zero-order valence-electron chi connectivity index (χ0n) is 20.4. The summed E-state index contributed by atoms with van der Waals surface area (Å²) in [6, 6.07) is 2.60. The van der Waals surface area contributed by atoms with E-state index in [2.05, 4.69) is 39.3 Å². The van der Waals surface area contributed by atoms with Gasteiger partial charge >= 0.3 is 0 Å². The summed E-state index contributed by atoms with van der Waals surface area (Å²) in [5.41, 5.74) is 2.00. The normalized spacial score (nSPS) is 22.8. The van der Waals surface area contributed by atoms with Gasteiger partial charge in [0.25, 0.3) is 5.91 Å². The van der Waals surface area contributed by atoms with E-state index in [1.165, 1.54) is 12.8 Å². The van der Waals surface area contributed by atoms with Gasteiger partial charge in [0.1, 0.15) is 5.56 Å². The Morgan fingerprint density at radius 2 is 1.85 bits per heavy atom. The maximum Gasteiger partial charge on any atom is 0.256 e.